The molecule has 128 valence electrons. The van der Waals surface area contributed by atoms with Crippen molar-refractivity contribution >= 4 is 11.9 Å². The molecule has 0 bridgehead atoms. The van der Waals surface area contributed by atoms with Gasteiger partial charge in [-0.15, -0.1) is 0 Å². The van der Waals surface area contributed by atoms with Gasteiger partial charge in [0.15, 0.2) is 5.96 Å². The van der Waals surface area contributed by atoms with Gasteiger partial charge in [-0.05, 0) is 24.8 Å². The Hall–Kier alpha value is -2.04. The molecule has 0 aliphatic rings. The van der Waals surface area contributed by atoms with E-state index in [1.165, 1.54) is 11.1 Å². The van der Waals surface area contributed by atoms with Crippen LogP contribution in [0.1, 0.15) is 43.7 Å². The summed E-state index contributed by atoms with van der Waals surface area (Å²) in [4.78, 5) is 15.7. The Balaban J connectivity index is 2.32. The Morgan fingerprint density at radius 2 is 2.00 bits per heavy atom. The molecule has 0 saturated carbocycles. The first-order valence-electron chi connectivity index (χ1n) is 8.34. The molecule has 5 heteroatoms. The summed E-state index contributed by atoms with van der Waals surface area (Å²) in [5, 5.41) is 9.35. The van der Waals surface area contributed by atoms with E-state index in [1.807, 2.05) is 6.92 Å². The number of guanidine groups is 1. The minimum atomic E-state index is 0.0722. The van der Waals surface area contributed by atoms with Crippen LogP contribution in [-0.2, 0) is 4.79 Å². The van der Waals surface area contributed by atoms with Crippen LogP contribution < -0.4 is 16.0 Å². The third kappa shape index (κ3) is 7.68. The van der Waals surface area contributed by atoms with Gasteiger partial charge in [0.05, 0.1) is 0 Å². The summed E-state index contributed by atoms with van der Waals surface area (Å²) in [6, 6.07) is 8.55. The predicted molar refractivity (Wildman–Crippen MR) is 96.9 cm³/mol. The molecule has 5 nitrogen and oxygen atoms in total. The van der Waals surface area contributed by atoms with Crippen LogP contribution in [0.2, 0.25) is 0 Å². The van der Waals surface area contributed by atoms with Crippen LogP contribution in [0.4, 0.5) is 0 Å². The van der Waals surface area contributed by atoms with Gasteiger partial charge in [-0.2, -0.15) is 0 Å². The second-order valence-corrected chi connectivity index (χ2v) is 5.80. The van der Waals surface area contributed by atoms with Crippen molar-refractivity contribution in [2.24, 2.45) is 4.99 Å². The quantitative estimate of drug-likeness (QED) is 0.508. The van der Waals surface area contributed by atoms with Crippen LogP contribution >= 0.6 is 0 Å². The number of nitrogens with one attached hydrogen (secondary N) is 3. The van der Waals surface area contributed by atoms with Gasteiger partial charge in [0.2, 0.25) is 5.91 Å². The maximum atomic E-state index is 11.5. The van der Waals surface area contributed by atoms with E-state index >= 15 is 0 Å². The Bertz CT molecular complexity index is 513. The maximum Gasteiger partial charge on any atom is 0.221 e. The normalized spacial score (nSPS) is 12.6. The lowest BCUT2D eigenvalue weighted by Gasteiger charge is -2.16. The molecule has 1 rings (SSSR count). The van der Waals surface area contributed by atoms with E-state index in [0.717, 1.165) is 25.5 Å². The van der Waals surface area contributed by atoms with E-state index in [2.05, 4.69) is 59.1 Å². The van der Waals surface area contributed by atoms with Crippen molar-refractivity contribution in [2.75, 3.05) is 26.7 Å². The molecule has 3 N–H and O–H groups in total. The van der Waals surface area contributed by atoms with Crippen molar-refractivity contribution in [3.05, 3.63) is 35.4 Å². The van der Waals surface area contributed by atoms with E-state index in [9.17, 15) is 4.79 Å². The molecular weight excluding hydrogens is 288 g/mol. The Morgan fingerprint density at radius 1 is 1.22 bits per heavy atom. The number of nitrogens with zero attached hydrogens (tertiary/aromatic N) is 1. The van der Waals surface area contributed by atoms with E-state index in [1.54, 1.807) is 7.05 Å². The molecule has 0 heterocycles. The van der Waals surface area contributed by atoms with E-state index < -0.39 is 0 Å². The van der Waals surface area contributed by atoms with Gasteiger partial charge in [0.1, 0.15) is 0 Å². The minimum absolute atomic E-state index is 0.0722. The fourth-order valence-electron chi connectivity index (χ4n) is 2.21. The van der Waals surface area contributed by atoms with Crippen molar-refractivity contribution in [1.82, 2.24) is 16.0 Å². The highest BCUT2D eigenvalue weighted by Gasteiger charge is 2.07. The zero-order valence-electron chi connectivity index (χ0n) is 14.8. The number of aliphatic imine (C=N–C) groups is 1. The molecule has 1 unspecified atom stereocenters. The third-order valence-electron chi connectivity index (χ3n) is 3.63. The predicted octanol–water partition coefficient (Wildman–Crippen LogP) is 2.18. The molecule has 0 saturated heterocycles. The Morgan fingerprint density at radius 3 is 2.65 bits per heavy atom. The number of hydrogen-bond acceptors (Lipinski definition) is 2. The molecular formula is C18H30N4O. The van der Waals surface area contributed by atoms with Gasteiger partial charge in [0, 0.05) is 33.1 Å². The first-order chi connectivity index (χ1) is 11.1. The van der Waals surface area contributed by atoms with Crippen LogP contribution in [0.25, 0.3) is 0 Å². The molecule has 0 aliphatic heterocycles. The lowest BCUT2D eigenvalue weighted by Crippen LogP contribution is -2.40. The average Bonchev–Trinajstić information content (AvgIpc) is 2.55. The lowest BCUT2D eigenvalue weighted by molar-refractivity contribution is -0.120. The van der Waals surface area contributed by atoms with Gasteiger partial charge in [-0.25, -0.2) is 0 Å². The van der Waals surface area contributed by atoms with Crippen molar-refractivity contribution < 1.29 is 4.79 Å². The van der Waals surface area contributed by atoms with Gasteiger partial charge < -0.3 is 16.0 Å². The van der Waals surface area contributed by atoms with Gasteiger partial charge in [0.25, 0.3) is 0 Å². The highest BCUT2D eigenvalue weighted by atomic mass is 16.1. The summed E-state index contributed by atoms with van der Waals surface area (Å²) >= 11 is 0. The highest BCUT2D eigenvalue weighted by molar-refractivity contribution is 5.81. The van der Waals surface area contributed by atoms with Crippen molar-refractivity contribution in [2.45, 2.75) is 39.5 Å². The van der Waals surface area contributed by atoms with E-state index in [0.29, 0.717) is 18.9 Å². The second kappa shape index (κ2) is 10.6. The van der Waals surface area contributed by atoms with Gasteiger partial charge in [-0.1, -0.05) is 43.7 Å². The number of hydrogen-bond donors (Lipinski definition) is 3. The molecule has 1 amide bonds. The van der Waals surface area contributed by atoms with Crippen molar-refractivity contribution in [3.8, 4) is 0 Å². The summed E-state index contributed by atoms with van der Waals surface area (Å²) in [7, 11) is 1.74. The lowest BCUT2D eigenvalue weighted by atomic mass is 9.99. The summed E-state index contributed by atoms with van der Waals surface area (Å²) in [6.07, 6.45) is 1.41. The summed E-state index contributed by atoms with van der Waals surface area (Å²) in [5.41, 5.74) is 2.59. The molecule has 0 aliphatic carbocycles. The molecule has 0 radical (unpaired) electrons. The fraction of sp³-hybridized carbons (Fsp3) is 0.556. The first kappa shape index (κ1) is 19.0. The Labute approximate surface area is 140 Å². The van der Waals surface area contributed by atoms with Gasteiger partial charge in [-0.3, -0.25) is 9.79 Å². The van der Waals surface area contributed by atoms with E-state index in [4.69, 9.17) is 0 Å². The number of carbonyl (C=O) groups excluding carboxylic acids is 1. The number of carbonyl (C=O) groups is 1. The summed E-state index contributed by atoms with van der Waals surface area (Å²) in [6.45, 7) is 8.44. The van der Waals surface area contributed by atoms with Crippen molar-refractivity contribution in [3.63, 3.8) is 0 Å². The fourth-order valence-corrected chi connectivity index (χ4v) is 2.21. The second-order valence-electron chi connectivity index (χ2n) is 5.80. The van der Waals surface area contributed by atoms with Gasteiger partial charge >= 0.3 is 0 Å². The molecule has 1 atom stereocenters. The molecule has 1 aromatic carbocycles. The van der Waals surface area contributed by atoms with Crippen molar-refractivity contribution in [1.29, 1.82) is 0 Å². The standard InChI is InChI=1S/C18H30N4O/c1-5-10-20-17(23)9-11-21-18(19-4)22-13-15(3)16-8-6-7-14(2)12-16/h6-8,12,15H,5,9-11,13H2,1-4H3,(H,20,23)(H2,19,21,22). The summed E-state index contributed by atoms with van der Waals surface area (Å²) in [5.74, 6) is 1.19. The number of aryl methyl sites for hydroxylation is 1. The zero-order chi connectivity index (χ0) is 17.1. The molecule has 0 spiro atoms. The van der Waals surface area contributed by atoms with Crippen LogP contribution in [-0.4, -0.2) is 38.5 Å². The molecule has 23 heavy (non-hydrogen) atoms. The average molecular weight is 318 g/mol. The molecule has 0 fully saturated rings. The zero-order valence-corrected chi connectivity index (χ0v) is 14.8. The molecule has 1 aromatic rings. The first-order valence-corrected chi connectivity index (χ1v) is 8.34. The number of rotatable bonds is 8. The topological polar surface area (TPSA) is 65.5 Å². The van der Waals surface area contributed by atoms with Crippen LogP contribution in [0.3, 0.4) is 0 Å². The maximum absolute atomic E-state index is 11.5. The minimum Gasteiger partial charge on any atom is -0.356 e. The smallest absolute Gasteiger partial charge is 0.221 e. The Kier molecular flexibility index (Phi) is 8.80. The molecule has 0 aromatic heterocycles. The van der Waals surface area contributed by atoms with Crippen LogP contribution in [0.5, 0.6) is 0 Å². The third-order valence-corrected chi connectivity index (χ3v) is 3.63. The highest BCUT2D eigenvalue weighted by Crippen LogP contribution is 2.15. The number of benzene rings is 1. The largest absolute Gasteiger partial charge is 0.356 e. The number of amides is 1. The van der Waals surface area contributed by atoms with Crippen LogP contribution in [0.15, 0.2) is 29.3 Å². The monoisotopic (exact) mass is 318 g/mol. The summed E-state index contributed by atoms with van der Waals surface area (Å²) < 4.78 is 0. The SMILES string of the molecule is CCCNC(=O)CCNC(=NC)NCC(C)c1cccc(C)c1. The van der Waals surface area contributed by atoms with Crippen LogP contribution in [0, 0.1) is 6.92 Å². The van der Waals surface area contributed by atoms with E-state index in [-0.39, 0.29) is 5.91 Å².